The van der Waals surface area contributed by atoms with Crippen molar-refractivity contribution < 1.29 is 0 Å². The number of hydrogen-bond donors (Lipinski definition) is 0. The Morgan fingerprint density at radius 2 is 0.600 bits per heavy atom. The fourth-order valence-corrected chi connectivity index (χ4v) is 9.29. The highest BCUT2D eigenvalue weighted by molar-refractivity contribution is 6.04. The normalized spacial score (nSPS) is 11.1. The van der Waals surface area contributed by atoms with Crippen LogP contribution in [-0.4, -0.2) is 0 Å². The fourth-order valence-electron chi connectivity index (χ4n) is 9.29. The van der Waals surface area contributed by atoms with Gasteiger partial charge in [0.25, 0.3) is 0 Å². The van der Waals surface area contributed by atoms with Crippen molar-refractivity contribution in [3.63, 3.8) is 0 Å². The van der Waals surface area contributed by atoms with Crippen molar-refractivity contribution in [3.05, 3.63) is 273 Å². The minimum atomic E-state index is 1.07. The van der Waals surface area contributed by atoms with Crippen LogP contribution in [0, 0.1) is 0 Å². The van der Waals surface area contributed by atoms with Gasteiger partial charge in [-0.15, -0.1) is 0 Å². The molecule has 0 aliphatic heterocycles. The van der Waals surface area contributed by atoms with Crippen LogP contribution in [0.25, 0.3) is 88.7 Å². The number of benzene rings is 11. The van der Waals surface area contributed by atoms with Gasteiger partial charge in [-0.1, -0.05) is 231 Å². The van der Waals surface area contributed by atoms with Crippen molar-refractivity contribution in [3.8, 4) is 77.9 Å². The Kier molecular flexibility index (Phi) is 10.7. The Morgan fingerprint density at radius 3 is 1.17 bits per heavy atom. The van der Waals surface area contributed by atoms with E-state index in [-0.39, 0.29) is 0 Å². The molecule has 0 saturated heterocycles. The van der Waals surface area contributed by atoms with E-state index in [1.54, 1.807) is 0 Å². The molecule has 11 aromatic rings. The lowest BCUT2D eigenvalue weighted by Crippen LogP contribution is -2.11. The summed E-state index contributed by atoms with van der Waals surface area (Å²) in [5.74, 6) is 0. The second-order valence-electron chi connectivity index (χ2n) is 16.5. The molecule has 0 radical (unpaired) electrons. The molecule has 0 heterocycles. The molecular weight excluding hydrogens is 783 g/mol. The van der Waals surface area contributed by atoms with Crippen LogP contribution in [0.5, 0.6) is 0 Å². The third kappa shape index (κ3) is 7.93. The van der Waals surface area contributed by atoms with Crippen molar-refractivity contribution in [1.29, 1.82) is 0 Å². The van der Waals surface area contributed by atoms with Crippen LogP contribution in [-0.2, 0) is 0 Å². The summed E-state index contributed by atoms with van der Waals surface area (Å²) < 4.78 is 0. The van der Waals surface area contributed by atoms with Crippen LogP contribution >= 0.6 is 0 Å². The summed E-state index contributed by atoms with van der Waals surface area (Å²) in [5.41, 5.74) is 20.0. The van der Waals surface area contributed by atoms with Crippen molar-refractivity contribution in [1.82, 2.24) is 0 Å². The van der Waals surface area contributed by atoms with Gasteiger partial charge < -0.3 is 4.90 Å². The predicted octanol–water partition coefficient (Wildman–Crippen LogP) is 18.0. The first-order valence-corrected chi connectivity index (χ1v) is 22.3. The van der Waals surface area contributed by atoms with Crippen LogP contribution in [0.2, 0.25) is 0 Å². The molecule has 11 rings (SSSR count). The second kappa shape index (κ2) is 17.7. The molecule has 0 fully saturated rings. The lowest BCUT2D eigenvalue weighted by molar-refractivity contribution is 1.28. The summed E-state index contributed by atoms with van der Waals surface area (Å²) in [5, 5.41) is 2.47. The molecule has 0 unspecified atom stereocenters. The highest BCUT2D eigenvalue weighted by atomic mass is 15.1. The Morgan fingerprint density at radius 1 is 0.215 bits per heavy atom. The number of nitrogens with zero attached hydrogens (tertiary/aromatic N) is 1. The zero-order chi connectivity index (χ0) is 43.4. The van der Waals surface area contributed by atoms with Crippen molar-refractivity contribution in [2.24, 2.45) is 0 Å². The van der Waals surface area contributed by atoms with E-state index in [1.165, 1.54) is 72.0 Å². The third-order valence-corrected chi connectivity index (χ3v) is 12.5. The van der Waals surface area contributed by atoms with E-state index in [9.17, 15) is 0 Å². The molecule has 306 valence electrons. The summed E-state index contributed by atoms with van der Waals surface area (Å²) >= 11 is 0. The highest BCUT2D eigenvalue weighted by Crippen LogP contribution is 2.45. The van der Waals surface area contributed by atoms with Crippen LogP contribution in [0.1, 0.15) is 0 Å². The minimum absolute atomic E-state index is 1.07. The average molecular weight is 828 g/mol. The maximum absolute atomic E-state index is 2.42. The molecule has 0 aromatic heterocycles. The number of fused-ring (bicyclic) bond motifs is 1. The molecule has 0 bridgehead atoms. The Bertz CT molecular complexity index is 3360. The molecule has 65 heavy (non-hydrogen) atoms. The van der Waals surface area contributed by atoms with Crippen LogP contribution in [0.3, 0.4) is 0 Å². The summed E-state index contributed by atoms with van der Waals surface area (Å²) in [6, 6.07) is 98.8. The van der Waals surface area contributed by atoms with E-state index in [1.807, 2.05) is 0 Å². The minimum Gasteiger partial charge on any atom is -0.310 e. The van der Waals surface area contributed by atoms with E-state index < -0.39 is 0 Å². The van der Waals surface area contributed by atoms with Gasteiger partial charge in [0, 0.05) is 16.9 Å². The Hall–Kier alpha value is -8.52. The van der Waals surface area contributed by atoms with E-state index in [2.05, 4.69) is 278 Å². The first-order chi connectivity index (χ1) is 32.2. The van der Waals surface area contributed by atoms with Gasteiger partial charge in [0.05, 0.1) is 5.69 Å². The quantitative estimate of drug-likeness (QED) is 0.133. The largest absolute Gasteiger partial charge is 0.310 e. The van der Waals surface area contributed by atoms with Gasteiger partial charge in [0.15, 0.2) is 0 Å². The second-order valence-corrected chi connectivity index (χ2v) is 16.5. The molecule has 0 aliphatic carbocycles. The van der Waals surface area contributed by atoms with Gasteiger partial charge in [-0.3, -0.25) is 0 Å². The SMILES string of the molecule is c1ccc(-c2ccc(N(c3ccc(-c4ccc(-c5ccccc5)c(-c5ccccc5)c4)cc3)c3ccc(-c4c(-c5ccccc5)ccc5ccccc45)cc3)c(-c3ccccc3)c2)cc1. The number of rotatable bonds is 10. The van der Waals surface area contributed by atoms with Gasteiger partial charge in [0.1, 0.15) is 0 Å². The zero-order valence-electron chi connectivity index (χ0n) is 35.9. The van der Waals surface area contributed by atoms with Crippen LogP contribution < -0.4 is 4.90 Å². The first kappa shape index (κ1) is 39.3. The van der Waals surface area contributed by atoms with Crippen molar-refractivity contribution >= 4 is 27.8 Å². The van der Waals surface area contributed by atoms with Crippen LogP contribution in [0.15, 0.2) is 273 Å². The summed E-state index contributed by atoms with van der Waals surface area (Å²) in [6.45, 7) is 0. The first-order valence-electron chi connectivity index (χ1n) is 22.3. The Labute approximate surface area is 381 Å². The molecule has 0 aliphatic rings. The molecule has 0 N–H and O–H groups in total. The van der Waals surface area contributed by atoms with E-state index in [4.69, 9.17) is 0 Å². The number of hydrogen-bond acceptors (Lipinski definition) is 1. The molecule has 0 spiro atoms. The lowest BCUT2D eigenvalue weighted by Gasteiger charge is -2.29. The molecular formula is C64H45N. The molecule has 1 nitrogen and oxygen atoms in total. The molecule has 1 heteroatoms. The van der Waals surface area contributed by atoms with Gasteiger partial charge in [0.2, 0.25) is 0 Å². The van der Waals surface area contributed by atoms with Crippen LogP contribution in [0.4, 0.5) is 17.1 Å². The topological polar surface area (TPSA) is 3.24 Å². The summed E-state index contributed by atoms with van der Waals surface area (Å²) in [7, 11) is 0. The van der Waals surface area contributed by atoms with E-state index >= 15 is 0 Å². The molecule has 0 amide bonds. The van der Waals surface area contributed by atoms with Gasteiger partial charge in [-0.2, -0.15) is 0 Å². The highest BCUT2D eigenvalue weighted by Gasteiger charge is 2.20. The molecule has 0 saturated carbocycles. The van der Waals surface area contributed by atoms with E-state index in [0.717, 1.165) is 33.8 Å². The fraction of sp³-hybridized carbons (Fsp3) is 0. The number of anilines is 3. The molecule has 0 atom stereocenters. The standard InChI is InChI=1S/C64H45N/c1-6-18-46(19-7-1)55-36-43-63(62(45-55)51-26-14-5-15-27-51)65(57-39-32-53(33-40-57)64-59-29-17-16-28-52(59)34-42-60(64)49-22-10-3-11-23-49)56-37-30-47(31-38-56)54-35-41-58(48-20-8-2-9-21-48)61(44-54)50-24-12-4-13-25-50/h1-45H. The Balaban J connectivity index is 1.06. The summed E-state index contributed by atoms with van der Waals surface area (Å²) in [4.78, 5) is 2.42. The zero-order valence-corrected chi connectivity index (χ0v) is 35.9. The maximum atomic E-state index is 2.42. The average Bonchev–Trinajstić information content (AvgIpc) is 3.40. The third-order valence-electron chi connectivity index (χ3n) is 12.5. The van der Waals surface area contributed by atoms with Crippen molar-refractivity contribution in [2.75, 3.05) is 4.90 Å². The monoisotopic (exact) mass is 827 g/mol. The maximum Gasteiger partial charge on any atom is 0.0540 e. The van der Waals surface area contributed by atoms with Crippen molar-refractivity contribution in [2.45, 2.75) is 0 Å². The predicted molar refractivity (Wildman–Crippen MR) is 277 cm³/mol. The van der Waals surface area contributed by atoms with Gasteiger partial charge >= 0.3 is 0 Å². The van der Waals surface area contributed by atoms with Gasteiger partial charge in [-0.25, -0.2) is 0 Å². The molecule has 11 aromatic carbocycles. The lowest BCUT2D eigenvalue weighted by atomic mass is 9.89. The smallest absolute Gasteiger partial charge is 0.0540 e. The van der Waals surface area contributed by atoms with Gasteiger partial charge in [-0.05, 0) is 126 Å². The van der Waals surface area contributed by atoms with E-state index in [0.29, 0.717) is 0 Å². The summed E-state index contributed by atoms with van der Waals surface area (Å²) in [6.07, 6.45) is 0.